The summed E-state index contributed by atoms with van der Waals surface area (Å²) in [7, 11) is -5.17. The van der Waals surface area contributed by atoms with E-state index in [1.165, 1.54) is 0 Å². The zero-order chi connectivity index (χ0) is 8.08. The number of rotatable bonds is 0. The molecule has 10 heteroatoms. The summed E-state index contributed by atoms with van der Waals surface area (Å²) in [6.07, 6.45) is -1.83. The molecule has 0 amide bonds. The molecule has 0 fully saturated rings. The Labute approximate surface area is 116 Å². The molecule has 0 aliphatic heterocycles. The molecule has 0 radical (unpaired) electrons. The van der Waals surface area contributed by atoms with Crippen molar-refractivity contribution in [2.75, 3.05) is 0 Å². The van der Waals surface area contributed by atoms with Gasteiger partial charge < -0.3 is 19.3 Å². The zero-order valence-corrected chi connectivity index (χ0v) is 10.2. The van der Waals surface area contributed by atoms with Gasteiger partial charge in [0.25, 0.3) is 0 Å². The fraction of sp³-hybridized carbons (Fsp3) is 0. The van der Waals surface area contributed by atoms with E-state index in [2.05, 4.69) is 0 Å². The molecule has 0 unspecified atom stereocenters. The van der Waals surface area contributed by atoms with Crippen LogP contribution in [0.15, 0.2) is 0 Å². The molecule has 0 heterocycles. The molecule has 7 nitrogen and oxygen atoms in total. The predicted molar refractivity (Wildman–Crippen MR) is 21.1 cm³/mol. The average molecular weight is 253 g/mol. The van der Waals surface area contributed by atoms with E-state index in [0.717, 1.165) is 0 Å². The minimum atomic E-state index is -5.17. The van der Waals surface area contributed by atoms with Gasteiger partial charge in [-0.25, -0.2) is 4.79 Å². The van der Waals surface area contributed by atoms with Crippen molar-refractivity contribution in [1.82, 2.24) is 0 Å². The second kappa shape index (κ2) is 11.3. The topological polar surface area (TPSA) is 138 Å². The van der Waals surface area contributed by atoms with Crippen molar-refractivity contribution in [3.8, 4) is 0 Å². The molecule has 0 atom stereocenters. The van der Waals surface area contributed by atoms with Crippen molar-refractivity contribution in [3.63, 3.8) is 0 Å². The number of carboxylic acid groups (broad SMARTS) is 2. The van der Waals surface area contributed by atoms with Crippen molar-refractivity contribution < 1.29 is 101 Å². The molecule has 0 saturated carbocycles. The first-order chi connectivity index (χ1) is 3.73. The number of hydrogen-bond acceptors (Lipinski definition) is 5. The van der Waals surface area contributed by atoms with Gasteiger partial charge in [-0.2, -0.15) is 0 Å². The third-order valence-corrected chi connectivity index (χ3v) is 0. The first kappa shape index (κ1) is 22.8. The first-order valence-corrected chi connectivity index (χ1v) is 2.65. The Morgan fingerprint density at radius 2 is 1.18 bits per heavy atom. The van der Waals surface area contributed by atoms with Crippen LogP contribution in [0.25, 0.3) is 0 Å². The van der Waals surface area contributed by atoms with Crippen molar-refractivity contribution in [2.45, 2.75) is 0 Å². The molecule has 0 spiro atoms. The Kier molecular flexibility index (Phi) is 23.4. The quantitative estimate of drug-likeness (QED) is 0.254. The van der Waals surface area contributed by atoms with Crippen LogP contribution < -0.4 is 51.4 Å². The van der Waals surface area contributed by atoms with Gasteiger partial charge in [-0.3, -0.25) is 8.42 Å². The molecule has 0 aromatic carbocycles. The van der Waals surface area contributed by atoms with E-state index >= 15 is 0 Å². The van der Waals surface area contributed by atoms with Gasteiger partial charge in [0.1, 0.15) is 0 Å². The fourth-order valence-corrected chi connectivity index (χ4v) is 0. The van der Waals surface area contributed by atoms with Gasteiger partial charge in [0, 0.05) is 27.5 Å². The molecule has 2 N–H and O–H groups in total. The average Bonchev–Trinajstić information content (AvgIpc) is 1.19. The summed E-state index contributed by atoms with van der Waals surface area (Å²) < 4.78 is 34.1. The summed E-state index contributed by atoms with van der Waals surface area (Å²) in [6.45, 7) is 0. The molecule has 64 valence electrons. The smallest absolute Gasteiger partial charge is 0.759 e. The summed E-state index contributed by atoms with van der Waals surface area (Å²) in [4.78, 5) is 8.56. The predicted octanol–water partition coefficient (Wildman–Crippen LogP) is -4.11. The monoisotopic (exact) mass is 253 g/mol. The maximum atomic E-state index is 8.56. The maximum Gasteiger partial charge on any atom is 1.00 e. The van der Waals surface area contributed by atoms with Crippen LogP contribution in [-0.2, 0) is 27.5 Å². The standard InChI is InChI=1S/CH2O3.Fe.K.H2O4S/c2-1(3)4;;;1-5(2,3)4/h(H2,2,3,4);;;(H2,1,2,3,4)/q;;+1;/p-2. The second-order valence-electron chi connectivity index (χ2n) is 0.691. The van der Waals surface area contributed by atoms with Crippen LogP contribution in [0.2, 0.25) is 0 Å². The largest absolute Gasteiger partial charge is 1.00 e. The normalized spacial score (nSPS) is 7.45. The van der Waals surface area contributed by atoms with E-state index in [-0.39, 0.29) is 68.5 Å². The van der Waals surface area contributed by atoms with Gasteiger partial charge in [0.05, 0.1) is 0 Å². The van der Waals surface area contributed by atoms with Crippen LogP contribution in [0.1, 0.15) is 0 Å². The van der Waals surface area contributed by atoms with E-state index in [1.807, 2.05) is 0 Å². The van der Waals surface area contributed by atoms with Crippen LogP contribution in [0.5, 0.6) is 0 Å². The second-order valence-corrected chi connectivity index (χ2v) is 1.51. The third kappa shape index (κ3) is 581. The van der Waals surface area contributed by atoms with Crippen molar-refractivity contribution in [1.29, 1.82) is 0 Å². The van der Waals surface area contributed by atoms with E-state index in [9.17, 15) is 0 Å². The Morgan fingerprint density at radius 3 is 1.18 bits per heavy atom. The summed E-state index contributed by atoms with van der Waals surface area (Å²) in [5.41, 5.74) is 0. The van der Waals surface area contributed by atoms with Gasteiger partial charge in [0.15, 0.2) is 0 Å². The molecule has 0 saturated heterocycles. The van der Waals surface area contributed by atoms with Crippen LogP contribution in [0.3, 0.4) is 0 Å². The zero-order valence-electron chi connectivity index (χ0n) is 5.20. The molecule has 0 aromatic heterocycles. The Hall–Kier alpha value is 1.30. The van der Waals surface area contributed by atoms with E-state index < -0.39 is 16.6 Å². The van der Waals surface area contributed by atoms with E-state index in [1.54, 1.807) is 0 Å². The molecule has 0 bridgehead atoms. The first-order valence-electron chi connectivity index (χ1n) is 1.32. The van der Waals surface area contributed by atoms with Crippen LogP contribution in [0.4, 0.5) is 4.79 Å². The molecule has 0 aromatic rings. The van der Waals surface area contributed by atoms with Crippen LogP contribution in [0, 0.1) is 0 Å². The molecule has 0 rings (SSSR count). The van der Waals surface area contributed by atoms with Gasteiger partial charge in [0.2, 0.25) is 0 Å². The fourth-order valence-electron chi connectivity index (χ4n) is 0. The van der Waals surface area contributed by atoms with E-state index in [4.69, 9.17) is 32.5 Å². The summed E-state index contributed by atoms with van der Waals surface area (Å²) in [6, 6.07) is 0. The van der Waals surface area contributed by atoms with E-state index in [0.29, 0.717) is 0 Å². The Bertz CT molecular complexity index is 161. The molecule has 11 heavy (non-hydrogen) atoms. The van der Waals surface area contributed by atoms with Crippen molar-refractivity contribution >= 4 is 16.6 Å². The summed E-state index contributed by atoms with van der Waals surface area (Å²) in [5, 5.41) is 13.9. The molecule has 0 aliphatic carbocycles. The van der Waals surface area contributed by atoms with Gasteiger partial charge in [-0.1, -0.05) is 0 Å². The Balaban J connectivity index is -0.0000000383. The summed E-state index contributed by atoms with van der Waals surface area (Å²) >= 11 is 0. The van der Waals surface area contributed by atoms with Gasteiger partial charge in [-0.05, 0) is 0 Å². The molecular formula is CH2FeKO7S-. The van der Waals surface area contributed by atoms with Crippen molar-refractivity contribution in [3.05, 3.63) is 0 Å². The molecular weight excluding hydrogens is 251 g/mol. The minimum absolute atomic E-state index is 0. The number of carbonyl (C=O) groups is 1. The SMILES string of the molecule is O=C(O)O.O=S(=O)([O-])[O-].[Fe].[K+]. The minimum Gasteiger partial charge on any atom is -0.759 e. The van der Waals surface area contributed by atoms with Crippen LogP contribution in [-0.4, -0.2) is 33.9 Å². The Morgan fingerprint density at radius 1 is 1.18 bits per heavy atom. The van der Waals surface area contributed by atoms with Gasteiger partial charge >= 0.3 is 57.5 Å². The van der Waals surface area contributed by atoms with Gasteiger partial charge in [-0.15, -0.1) is 0 Å². The summed E-state index contributed by atoms with van der Waals surface area (Å²) in [5.74, 6) is 0. The van der Waals surface area contributed by atoms with Crippen LogP contribution >= 0.6 is 0 Å². The molecule has 0 aliphatic rings. The maximum absolute atomic E-state index is 8.56. The van der Waals surface area contributed by atoms with Crippen molar-refractivity contribution in [2.24, 2.45) is 0 Å². The third-order valence-electron chi connectivity index (χ3n) is 0. The number of hydrogen-bond donors (Lipinski definition) is 2.